The van der Waals surface area contributed by atoms with Crippen LogP contribution in [-0.4, -0.2) is 43.7 Å². The minimum absolute atomic E-state index is 0.000760. The molecule has 0 aliphatic carbocycles. The molecule has 1 atom stereocenters. The van der Waals surface area contributed by atoms with Gasteiger partial charge in [0.2, 0.25) is 0 Å². The van der Waals surface area contributed by atoms with Crippen LogP contribution in [0.1, 0.15) is 32.3 Å². The van der Waals surface area contributed by atoms with E-state index in [0.29, 0.717) is 17.7 Å². The monoisotopic (exact) mass is 294 g/mol. The molecular weight excluding hydrogens is 267 g/mol. The van der Waals surface area contributed by atoms with Gasteiger partial charge in [0.25, 0.3) is 0 Å². The number of rotatable bonds is 6. The number of nitrogens with one attached hydrogen (secondary N) is 1. The van der Waals surface area contributed by atoms with Gasteiger partial charge in [-0.25, -0.2) is 4.39 Å². The molecule has 1 aromatic rings. The van der Waals surface area contributed by atoms with E-state index in [9.17, 15) is 4.39 Å². The Bertz CT molecular complexity index is 470. The van der Waals surface area contributed by atoms with Gasteiger partial charge in [0.1, 0.15) is 0 Å². The predicted molar refractivity (Wildman–Crippen MR) is 84.4 cm³/mol. The molecule has 21 heavy (non-hydrogen) atoms. The third-order valence-electron chi connectivity index (χ3n) is 4.81. The molecule has 0 amide bonds. The largest absolute Gasteiger partial charge is 0.494 e. The summed E-state index contributed by atoms with van der Waals surface area (Å²) in [6, 6.07) is 5.56. The van der Waals surface area contributed by atoms with Gasteiger partial charge >= 0.3 is 0 Å². The van der Waals surface area contributed by atoms with Crippen LogP contribution in [0.2, 0.25) is 0 Å². The molecule has 1 unspecified atom stereocenters. The van der Waals surface area contributed by atoms with Crippen molar-refractivity contribution < 1.29 is 9.13 Å². The molecule has 3 nitrogen and oxygen atoms in total. The molecule has 0 aromatic heterocycles. The summed E-state index contributed by atoms with van der Waals surface area (Å²) >= 11 is 0. The second kappa shape index (κ2) is 6.75. The standard InChI is InChI=1S/C17H27FN2O/c1-17(2,20-10-5-6-11-20)15(19-3)12-13-8-7-9-14(21-4)16(13)18/h7-9,15,19H,5-6,10-12H2,1-4H3. The summed E-state index contributed by atoms with van der Waals surface area (Å²) < 4.78 is 19.4. The summed E-state index contributed by atoms with van der Waals surface area (Å²) in [7, 11) is 3.46. The number of likely N-dealkylation sites (tertiary alicyclic amines) is 1. The second-order valence-electron chi connectivity index (χ2n) is 6.33. The highest BCUT2D eigenvalue weighted by molar-refractivity contribution is 5.32. The number of likely N-dealkylation sites (N-methyl/N-ethyl adjacent to an activating group) is 1. The van der Waals surface area contributed by atoms with Crippen molar-refractivity contribution in [2.24, 2.45) is 0 Å². The zero-order valence-corrected chi connectivity index (χ0v) is 13.6. The van der Waals surface area contributed by atoms with Crippen LogP contribution in [0, 0.1) is 5.82 Å². The van der Waals surface area contributed by atoms with Gasteiger partial charge < -0.3 is 10.1 Å². The Morgan fingerprint density at radius 2 is 2.00 bits per heavy atom. The van der Waals surface area contributed by atoms with Crippen LogP contribution < -0.4 is 10.1 Å². The average molecular weight is 294 g/mol. The zero-order chi connectivity index (χ0) is 15.5. The van der Waals surface area contributed by atoms with Gasteiger partial charge in [-0.1, -0.05) is 12.1 Å². The minimum atomic E-state index is -0.238. The average Bonchev–Trinajstić information content (AvgIpc) is 3.01. The van der Waals surface area contributed by atoms with Gasteiger partial charge in [0.05, 0.1) is 7.11 Å². The third kappa shape index (κ3) is 3.38. The SMILES string of the molecule is CNC(Cc1cccc(OC)c1F)C(C)(C)N1CCCC1. The first kappa shape index (κ1) is 16.2. The molecule has 118 valence electrons. The topological polar surface area (TPSA) is 24.5 Å². The van der Waals surface area contributed by atoms with Crippen molar-refractivity contribution in [2.75, 3.05) is 27.2 Å². The van der Waals surface area contributed by atoms with E-state index in [0.717, 1.165) is 13.1 Å². The number of hydrogen-bond donors (Lipinski definition) is 1. The van der Waals surface area contributed by atoms with Crippen LogP contribution >= 0.6 is 0 Å². The van der Waals surface area contributed by atoms with Gasteiger partial charge in [0, 0.05) is 11.6 Å². The maximum absolute atomic E-state index is 14.4. The van der Waals surface area contributed by atoms with Crippen molar-refractivity contribution in [1.82, 2.24) is 10.2 Å². The molecule has 2 rings (SSSR count). The maximum Gasteiger partial charge on any atom is 0.168 e. The third-order valence-corrected chi connectivity index (χ3v) is 4.81. The van der Waals surface area contributed by atoms with Crippen LogP contribution in [0.15, 0.2) is 18.2 Å². The van der Waals surface area contributed by atoms with E-state index in [2.05, 4.69) is 24.1 Å². The lowest BCUT2D eigenvalue weighted by Crippen LogP contribution is -2.57. The first-order chi connectivity index (χ1) is 10.0. The number of nitrogens with zero attached hydrogens (tertiary/aromatic N) is 1. The first-order valence-corrected chi connectivity index (χ1v) is 7.74. The summed E-state index contributed by atoms with van der Waals surface area (Å²) in [5.41, 5.74) is 0.710. The highest BCUT2D eigenvalue weighted by atomic mass is 19.1. The molecular formula is C17H27FN2O. The van der Waals surface area contributed by atoms with Crippen molar-refractivity contribution in [3.63, 3.8) is 0 Å². The van der Waals surface area contributed by atoms with Crippen molar-refractivity contribution in [3.8, 4) is 5.75 Å². The van der Waals surface area contributed by atoms with E-state index in [1.165, 1.54) is 20.0 Å². The molecule has 0 spiro atoms. The lowest BCUT2D eigenvalue weighted by molar-refractivity contribution is 0.110. The van der Waals surface area contributed by atoms with Crippen molar-refractivity contribution >= 4 is 0 Å². The molecule has 1 saturated heterocycles. The van der Waals surface area contributed by atoms with Crippen LogP contribution in [0.3, 0.4) is 0 Å². The van der Waals surface area contributed by atoms with Crippen molar-refractivity contribution in [2.45, 2.75) is 44.7 Å². The molecule has 0 saturated carbocycles. The number of hydrogen-bond acceptors (Lipinski definition) is 3. The van der Waals surface area contributed by atoms with Crippen LogP contribution in [0.4, 0.5) is 4.39 Å². The summed E-state index contributed by atoms with van der Waals surface area (Å²) in [6.07, 6.45) is 3.17. The highest BCUT2D eigenvalue weighted by Crippen LogP contribution is 2.28. The van der Waals surface area contributed by atoms with Gasteiger partial charge in [-0.2, -0.15) is 0 Å². The van der Waals surface area contributed by atoms with Gasteiger partial charge in [-0.15, -0.1) is 0 Å². The molecule has 4 heteroatoms. The summed E-state index contributed by atoms with van der Waals surface area (Å²) in [4.78, 5) is 2.51. The summed E-state index contributed by atoms with van der Waals surface area (Å²) in [5, 5.41) is 3.38. The normalized spacial score (nSPS) is 18.0. The first-order valence-electron chi connectivity index (χ1n) is 7.74. The summed E-state index contributed by atoms with van der Waals surface area (Å²) in [6.45, 7) is 6.76. The van der Waals surface area contributed by atoms with Gasteiger partial charge in [-0.3, -0.25) is 4.90 Å². The Morgan fingerprint density at radius 3 is 2.57 bits per heavy atom. The number of benzene rings is 1. The zero-order valence-electron chi connectivity index (χ0n) is 13.6. The Morgan fingerprint density at radius 1 is 1.33 bits per heavy atom. The van der Waals surface area contributed by atoms with Crippen LogP contribution in [0.25, 0.3) is 0 Å². The highest BCUT2D eigenvalue weighted by Gasteiger charge is 2.36. The molecule has 0 radical (unpaired) electrons. The minimum Gasteiger partial charge on any atom is -0.494 e. The molecule has 1 fully saturated rings. The molecule has 1 aliphatic heterocycles. The number of ether oxygens (including phenoxy) is 1. The Hall–Kier alpha value is -1.13. The molecule has 1 N–H and O–H groups in total. The van der Waals surface area contributed by atoms with E-state index >= 15 is 0 Å². The Balaban J connectivity index is 2.19. The van der Waals surface area contributed by atoms with Crippen molar-refractivity contribution in [1.29, 1.82) is 0 Å². The van der Waals surface area contributed by atoms with Crippen molar-refractivity contribution in [3.05, 3.63) is 29.6 Å². The molecule has 0 bridgehead atoms. The summed E-state index contributed by atoms with van der Waals surface area (Å²) in [5.74, 6) is 0.0822. The van der Waals surface area contributed by atoms with Crippen LogP contribution in [0.5, 0.6) is 5.75 Å². The van der Waals surface area contributed by atoms with E-state index in [1.54, 1.807) is 6.07 Å². The maximum atomic E-state index is 14.4. The Kier molecular flexibility index (Phi) is 5.22. The Labute approximate surface area is 127 Å². The fourth-order valence-corrected chi connectivity index (χ4v) is 3.31. The molecule has 1 heterocycles. The number of methoxy groups -OCH3 is 1. The molecule has 1 aliphatic rings. The second-order valence-corrected chi connectivity index (χ2v) is 6.33. The van der Waals surface area contributed by atoms with E-state index in [-0.39, 0.29) is 17.4 Å². The quantitative estimate of drug-likeness (QED) is 0.873. The van der Waals surface area contributed by atoms with E-state index < -0.39 is 0 Å². The van der Waals surface area contributed by atoms with E-state index in [1.807, 2.05) is 19.2 Å². The lowest BCUT2D eigenvalue weighted by Gasteiger charge is -2.42. The van der Waals surface area contributed by atoms with Crippen LogP contribution in [-0.2, 0) is 6.42 Å². The molecule has 1 aromatic carbocycles. The van der Waals surface area contributed by atoms with Gasteiger partial charge in [0.15, 0.2) is 11.6 Å². The fraction of sp³-hybridized carbons (Fsp3) is 0.647. The number of halogens is 1. The fourth-order valence-electron chi connectivity index (χ4n) is 3.31. The predicted octanol–water partition coefficient (Wildman–Crippen LogP) is 2.84. The van der Waals surface area contributed by atoms with E-state index in [4.69, 9.17) is 4.74 Å². The smallest absolute Gasteiger partial charge is 0.168 e. The van der Waals surface area contributed by atoms with Gasteiger partial charge in [-0.05, 0) is 64.9 Å². The lowest BCUT2D eigenvalue weighted by atomic mass is 9.87.